The fraction of sp³-hybridized carbons (Fsp3) is 0.400. The molecule has 1 aliphatic rings. The Morgan fingerprint density at radius 3 is 2.32 bits per heavy atom. The topological polar surface area (TPSA) is 70.2 Å². The van der Waals surface area contributed by atoms with Gasteiger partial charge in [-0.25, -0.2) is 4.98 Å². The van der Waals surface area contributed by atoms with Gasteiger partial charge in [0.15, 0.2) is 0 Å². The van der Waals surface area contributed by atoms with Crippen LogP contribution in [0.4, 0.5) is 11.8 Å². The van der Waals surface area contributed by atoms with Gasteiger partial charge in [0, 0.05) is 37.1 Å². The van der Waals surface area contributed by atoms with Crippen LogP contribution in [-0.2, 0) is 6.42 Å². The number of hydrogen-bond acceptors (Lipinski definition) is 5. The van der Waals surface area contributed by atoms with Crippen LogP contribution in [0.3, 0.4) is 0 Å². The van der Waals surface area contributed by atoms with Gasteiger partial charge < -0.3 is 15.5 Å². The molecule has 1 saturated carbocycles. The number of amides is 1. The van der Waals surface area contributed by atoms with Gasteiger partial charge in [-0.3, -0.25) is 4.79 Å². The van der Waals surface area contributed by atoms with Gasteiger partial charge in [-0.1, -0.05) is 31.2 Å². The van der Waals surface area contributed by atoms with Gasteiger partial charge in [-0.2, -0.15) is 4.98 Å². The molecule has 31 heavy (non-hydrogen) atoms. The first kappa shape index (κ1) is 21.1. The van der Waals surface area contributed by atoms with Crippen LogP contribution in [0, 0.1) is 0 Å². The maximum Gasteiger partial charge on any atom is 0.251 e. The predicted molar refractivity (Wildman–Crippen MR) is 127 cm³/mol. The summed E-state index contributed by atoms with van der Waals surface area (Å²) in [6.45, 7) is 2.12. The number of carbonyl (C=O) groups excluding carboxylic acids is 1. The van der Waals surface area contributed by atoms with E-state index < -0.39 is 0 Å². The minimum atomic E-state index is 0.0209. The van der Waals surface area contributed by atoms with E-state index in [2.05, 4.69) is 23.6 Å². The van der Waals surface area contributed by atoms with E-state index in [4.69, 9.17) is 9.97 Å². The van der Waals surface area contributed by atoms with Crippen molar-refractivity contribution >= 4 is 28.6 Å². The summed E-state index contributed by atoms with van der Waals surface area (Å²) in [5.41, 5.74) is 2.92. The molecule has 0 bridgehead atoms. The fourth-order valence-corrected chi connectivity index (χ4v) is 4.19. The Bertz CT molecular complexity index is 1040. The first-order valence-electron chi connectivity index (χ1n) is 11.1. The van der Waals surface area contributed by atoms with Crippen molar-refractivity contribution in [3.63, 3.8) is 0 Å². The van der Waals surface area contributed by atoms with E-state index in [1.807, 2.05) is 61.5 Å². The minimum Gasteiger partial charge on any atom is -0.362 e. The molecule has 1 fully saturated rings. The number of para-hydroxylation sites is 1. The van der Waals surface area contributed by atoms with Crippen LogP contribution in [-0.4, -0.2) is 42.1 Å². The third-order valence-electron chi connectivity index (χ3n) is 6.03. The van der Waals surface area contributed by atoms with Gasteiger partial charge in [0.1, 0.15) is 5.82 Å². The first-order chi connectivity index (χ1) is 15.0. The lowest BCUT2D eigenvalue weighted by Gasteiger charge is -2.30. The third-order valence-corrected chi connectivity index (χ3v) is 6.03. The molecule has 6 nitrogen and oxygen atoms in total. The molecule has 1 amide bonds. The highest BCUT2D eigenvalue weighted by atomic mass is 16.1. The summed E-state index contributed by atoms with van der Waals surface area (Å²) in [5, 5.41) is 7.78. The quantitative estimate of drug-likeness (QED) is 0.622. The monoisotopic (exact) mass is 417 g/mol. The molecular weight excluding hydrogens is 386 g/mol. The Kier molecular flexibility index (Phi) is 6.35. The Morgan fingerprint density at radius 2 is 1.65 bits per heavy atom. The van der Waals surface area contributed by atoms with Crippen molar-refractivity contribution in [2.45, 2.75) is 51.1 Å². The molecule has 1 aliphatic carbocycles. The molecule has 0 unspecified atom stereocenters. The van der Waals surface area contributed by atoms with Gasteiger partial charge in [0.25, 0.3) is 5.91 Å². The Balaban J connectivity index is 1.35. The van der Waals surface area contributed by atoms with E-state index in [0.717, 1.165) is 54.4 Å². The number of fused-ring (bicyclic) bond motifs is 1. The molecule has 0 aliphatic heterocycles. The number of aromatic nitrogens is 2. The second kappa shape index (κ2) is 9.33. The highest BCUT2D eigenvalue weighted by Crippen LogP contribution is 2.26. The van der Waals surface area contributed by atoms with E-state index in [-0.39, 0.29) is 11.9 Å². The van der Waals surface area contributed by atoms with Gasteiger partial charge in [0.2, 0.25) is 5.95 Å². The van der Waals surface area contributed by atoms with Crippen LogP contribution in [0.1, 0.15) is 48.5 Å². The molecule has 6 heteroatoms. The molecule has 162 valence electrons. The number of nitrogens with one attached hydrogen (secondary N) is 2. The summed E-state index contributed by atoms with van der Waals surface area (Å²) >= 11 is 0. The molecule has 2 N–H and O–H groups in total. The van der Waals surface area contributed by atoms with Crippen LogP contribution in [0.25, 0.3) is 10.9 Å². The van der Waals surface area contributed by atoms with Gasteiger partial charge in [-0.05, 0) is 61.9 Å². The number of anilines is 2. The van der Waals surface area contributed by atoms with Crippen molar-refractivity contribution < 1.29 is 4.79 Å². The summed E-state index contributed by atoms with van der Waals surface area (Å²) < 4.78 is 0. The van der Waals surface area contributed by atoms with E-state index in [1.165, 1.54) is 5.56 Å². The molecule has 3 aromatic rings. The summed E-state index contributed by atoms with van der Waals surface area (Å²) in [4.78, 5) is 24.0. The summed E-state index contributed by atoms with van der Waals surface area (Å²) in [5.74, 6) is 1.61. The summed E-state index contributed by atoms with van der Waals surface area (Å²) in [7, 11) is 4.00. The number of hydrogen-bond donors (Lipinski definition) is 2. The Hall–Kier alpha value is -3.15. The van der Waals surface area contributed by atoms with Crippen molar-refractivity contribution in [2.24, 2.45) is 0 Å². The standard InChI is InChI=1S/C25H31N5O/c1-4-17-9-11-18(12-10-17)24(31)26-19-13-15-20(16-14-19)27-25-28-22-8-6-5-7-21(22)23(29-25)30(2)3/h5-12,19-20H,4,13-16H2,1-3H3,(H,26,31)(H,27,28,29). The SMILES string of the molecule is CCc1ccc(C(=O)NC2CCC(Nc3nc(N(C)C)c4ccccc4n3)CC2)cc1. The van der Waals surface area contributed by atoms with Gasteiger partial charge in [-0.15, -0.1) is 0 Å². The average molecular weight is 418 g/mol. The molecule has 0 spiro atoms. The van der Waals surface area contributed by atoms with Crippen molar-refractivity contribution in [1.29, 1.82) is 0 Å². The lowest BCUT2D eigenvalue weighted by molar-refractivity contribution is 0.0926. The van der Waals surface area contributed by atoms with Crippen LogP contribution in [0.5, 0.6) is 0 Å². The molecule has 0 saturated heterocycles. The minimum absolute atomic E-state index is 0.0209. The number of carbonyl (C=O) groups is 1. The summed E-state index contributed by atoms with van der Waals surface area (Å²) in [6, 6.07) is 16.5. The number of nitrogens with zero attached hydrogens (tertiary/aromatic N) is 3. The maximum atomic E-state index is 12.6. The van der Waals surface area contributed by atoms with Crippen LogP contribution in [0.15, 0.2) is 48.5 Å². The average Bonchev–Trinajstić information content (AvgIpc) is 2.79. The highest BCUT2D eigenvalue weighted by Gasteiger charge is 2.23. The molecular formula is C25H31N5O. The van der Waals surface area contributed by atoms with Gasteiger partial charge >= 0.3 is 0 Å². The molecule has 2 aromatic carbocycles. The zero-order chi connectivity index (χ0) is 21.8. The van der Waals surface area contributed by atoms with E-state index in [1.54, 1.807) is 0 Å². The van der Waals surface area contributed by atoms with Crippen LogP contribution < -0.4 is 15.5 Å². The number of aryl methyl sites for hydroxylation is 1. The second-order valence-electron chi connectivity index (χ2n) is 8.50. The zero-order valence-electron chi connectivity index (χ0n) is 18.6. The number of benzene rings is 2. The lowest BCUT2D eigenvalue weighted by atomic mass is 9.91. The predicted octanol–water partition coefficient (Wildman–Crippen LogP) is 4.41. The van der Waals surface area contributed by atoms with Crippen LogP contribution in [0.2, 0.25) is 0 Å². The zero-order valence-corrected chi connectivity index (χ0v) is 18.6. The molecule has 4 rings (SSSR count). The molecule has 1 heterocycles. The van der Waals surface area contributed by atoms with Crippen molar-refractivity contribution in [2.75, 3.05) is 24.3 Å². The fourth-order valence-electron chi connectivity index (χ4n) is 4.19. The smallest absolute Gasteiger partial charge is 0.251 e. The third kappa shape index (κ3) is 4.95. The largest absolute Gasteiger partial charge is 0.362 e. The normalized spacial score (nSPS) is 18.5. The van der Waals surface area contributed by atoms with Crippen LogP contribution >= 0.6 is 0 Å². The van der Waals surface area contributed by atoms with E-state index in [9.17, 15) is 4.79 Å². The molecule has 0 atom stereocenters. The first-order valence-corrected chi connectivity index (χ1v) is 11.1. The van der Waals surface area contributed by atoms with Gasteiger partial charge in [0.05, 0.1) is 5.52 Å². The summed E-state index contributed by atoms with van der Waals surface area (Å²) in [6.07, 6.45) is 4.84. The molecule has 0 radical (unpaired) electrons. The second-order valence-corrected chi connectivity index (χ2v) is 8.50. The van der Waals surface area contributed by atoms with Crippen molar-refractivity contribution in [3.05, 3.63) is 59.7 Å². The maximum absolute atomic E-state index is 12.6. The highest BCUT2D eigenvalue weighted by molar-refractivity contribution is 5.94. The van der Waals surface area contributed by atoms with E-state index in [0.29, 0.717) is 12.0 Å². The Morgan fingerprint density at radius 1 is 0.968 bits per heavy atom. The van der Waals surface area contributed by atoms with Crippen molar-refractivity contribution in [3.8, 4) is 0 Å². The van der Waals surface area contributed by atoms with E-state index >= 15 is 0 Å². The van der Waals surface area contributed by atoms with Crippen molar-refractivity contribution in [1.82, 2.24) is 15.3 Å². The Labute approximate surface area is 184 Å². The molecule has 1 aromatic heterocycles. The number of rotatable bonds is 6. The lowest BCUT2D eigenvalue weighted by Crippen LogP contribution is -2.40.